The largest absolute Gasteiger partial charge is 0.355 e. The molecule has 3 aromatic heterocycles. The maximum atomic E-state index is 4.71. The predicted octanol–water partition coefficient (Wildman–Crippen LogP) is 3.43. The van der Waals surface area contributed by atoms with Crippen LogP contribution in [0.5, 0.6) is 0 Å². The predicted molar refractivity (Wildman–Crippen MR) is 94.8 cm³/mol. The van der Waals surface area contributed by atoms with Crippen LogP contribution in [0.1, 0.15) is 33.1 Å². The van der Waals surface area contributed by atoms with E-state index in [1.807, 2.05) is 24.4 Å². The maximum Gasteiger partial charge on any atom is 0.202 e. The van der Waals surface area contributed by atoms with Crippen LogP contribution in [0.25, 0.3) is 22.6 Å². The highest BCUT2D eigenvalue weighted by molar-refractivity contribution is 5.86. The fourth-order valence-corrected chi connectivity index (χ4v) is 3.26. The van der Waals surface area contributed by atoms with Gasteiger partial charge in [0.2, 0.25) is 5.65 Å². The average Bonchev–Trinajstić information content (AvgIpc) is 3.06. The Morgan fingerprint density at radius 2 is 2.04 bits per heavy atom. The van der Waals surface area contributed by atoms with Crippen molar-refractivity contribution in [3.63, 3.8) is 0 Å². The lowest BCUT2D eigenvalue weighted by molar-refractivity contribution is 0.238. The smallest absolute Gasteiger partial charge is 0.202 e. The van der Waals surface area contributed by atoms with Crippen molar-refractivity contribution in [2.75, 3.05) is 18.0 Å². The Balaban J connectivity index is 1.61. The Morgan fingerprint density at radius 1 is 1.21 bits per heavy atom. The third-order valence-corrected chi connectivity index (χ3v) is 5.32. The zero-order chi connectivity index (χ0) is 16.6. The number of anilines is 1. The molecule has 1 saturated heterocycles. The van der Waals surface area contributed by atoms with Gasteiger partial charge in [-0.2, -0.15) is 5.10 Å². The molecule has 0 aromatic carbocycles. The van der Waals surface area contributed by atoms with Crippen LogP contribution in [-0.2, 0) is 0 Å². The SMILES string of the molecule is CCC1(C)CCN(c2cnc3c(-c4ccccn4)[nH]nc3n2)CC1. The van der Waals surface area contributed by atoms with Crippen LogP contribution < -0.4 is 4.90 Å². The molecular formula is C18H22N6. The van der Waals surface area contributed by atoms with Crippen molar-refractivity contribution in [1.82, 2.24) is 25.1 Å². The summed E-state index contributed by atoms with van der Waals surface area (Å²) in [6, 6.07) is 5.79. The van der Waals surface area contributed by atoms with E-state index in [0.717, 1.165) is 35.8 Å². The Hall–Kier alpha value is -2.50. The molecule has 0 bridgehead atoms. The van der Waals surface area contributed by atoms with E-state index < -0.39 is 0 Å². The first-order valence-electron chi connectivity index (χ1n) is 8.56. The number of rotatable bonds is 3. The molecule has 0 amide bonds. The topological polar surface area (TPSA) is 70.6 Å². The molecule has 6 nitrogen and oxygen atoms in total. The third kappa shape index (κ3) is 2.62. The molecule has 4 heterocycles. The number of hydrogen-bond acceptors (Lipinski definition) is 5. The van der Waals surface area contributed by atoms with Gasteiger partial charge >= 0.3 is 0 Å². The van der Waals surface area contributed by atoms with Crippen molar-refractivity contribution in [2.45, 2.75) is 33.1 Å². The van der Waals surface area contributed by atoms with Crippen LogP contribution in [0, 0.1) is 5.41 Å². The lowest BCUT2D eigenvalue weighted by Gasteiger charge is -2.39. The Labute approximate surface area is 141 Å². The summed E-state index contributed by atoms with van der Waals surface area (Å²) in [5, 5.41) is 7.36. The molecule has 0 saturated carbocycles. The molecule has 0 radical (unpaired) electrons. The molecule has 4 rings (SSSR count). The second-order valence-electron chi connectivity index (χ2n) is 6.87. The maximum absolute atomic E-state index is 4.71. The fraction of sp³-hybridized carbons (Fsp3) is 0.444. The highest BCUT2D eigenvalue weighted by Crippen LogP contribution is 2.35. The first-order chi connectivity index (χ1) is 11.7. The number of H-pyrrole nitrogens is 1. The van der Waals surface area contributed by atoms with Crippen LogP contribution in [0.15, 0.2) is 30.6 Å². The molecule has 1 fully saturated rings. The van der Waals surface area contributed by atoms with Gasteiger partial charge in [0.25, 0.3) is 0 Å². The van der Waals surface area contributed by atoms with E-state index in [-0.39, 0.29) is 0 Å². The van der Waals surface area contributed by atoms with Gasteiger partial charge in [-0.1, -0.05) is 26.3 Å². The minimum absolute atomic E-state index is 0.465. The van der Waals surface area contributed by atoms with Gasteiger partial charge in [0.1, 0.15) is 17.0 Å². The zero-order valence-electron chi connectivity index (χ0n) is 14.2. The van der Waals surface area contributed by atoms with Crippen molar-refractivity contribution < 1.29 is 0 Å². The highest BCUT2D eigenvalue weighted by atomic mass is 15.2. The standard InChI is InChI=1S/C18H22N6/c1-3-18(2)7-10-24(11-8-18)14-12-20-16-15(22-23-17(16)21-14)13-6-4-5-9-19-13/h4-6,9,12H,3,7-8,10-11H2,1-2H3,(H,21,22,23). The number of aromatic amines is 1. The van der Waals surface area contributed by atoms with Crippen molar-refractivity contribution in [3.8, 4) is 11.4 Å². The third-order valence-electron chi connectivity index (χ3n) is 5.32. The lowest BCUT2D eigenvalue weighted by atomic mass is 9.78. The molecule has 0 aliphatic carbocycles. The van der Waals surface area contributed by atoms with Gasteiger partial charge in [0.05, 0.1) is 11.9 Å². The summed E-state index contributed by atoms with van der Waals surface area (Å²) < 4.78 is 0. The molecule has 3 aromatic rings. The molecule has 124 valence electrons. The Morgan fingerprint density at radius 3 is 2.75 bits per heavy atom. The summed E-state index contributed by atoms with van der Waals surface area (Å²) >= 11 is 0. The molecule has 24 heavy (non-hydrogen) atoms. The molecule has 1 aliphatic rings. The molecule has 6 heteroatoms. The minimum atomic E-state index is 0.465. The molecule has 1 aliphatic heterocycles. The van der Waals surface area contributed by atoms with Gasteiger partial charge in [0, 0.05) is 19.3 Å². The summed E-state index contributed by atoms with van der Waals surface area (Å²) in [6.45, 7) is 6.72. The van der Waals surface area contributed by atoms with E-state index in [1.54, 1.807) is 6.20 Å². The van der Waals surface area contributed by atoms with Crippen LogP contribution in [0.2, 0.25) is 0 Å². The van der Waals surface area contributed by atoms with Crippen LogP contribution in [0.4, 0.5) is 5.82 Å². The van der Waals surface area contributed by atoms with Gasteiger partial charge < -0.3 is 4.90 Å². The number of pyridine rings is 1. The van der Waals surface area contributed by atoms with Gasteiger partial charge in [-0.05, 0) is 30.4 Å². The number of nitrogens with zero attached hydrogens (tertiary/aromatic N) is 5. The monoisotopic (exact) mass is 322 g/mol. The summed E-state index contributed by atoms with van der Waals surface area (Å²) in [7, 11) is 0. The Kier molecular flexibility index (Phi) is 3.67. The number of aromatic nitrogens is 5. The van der Waals surface area contributed by atoms with Crippen LogP contribution >= 0.6 is 0 Å². The molecular weight excluding hydrogens is 300 g/mol. The van der Waals surface area contributed by atoms with Crippen molar-refractivity contribution in [3.05, 3.63) is 30.6 Å². The summed E-state index contributed by atoms with van der Waals surface area (Å²) in [5.74, 6) is 0.916. The molecule has 0 atom stereocenters. The summed E-state index contributed by atoms with van der Waals surface area (Å²) in [5.41, 5.74) is 3.54. The second kappa shape index (κ2) is 5.85. The van der Waals surface area contributed by atoms with Gasteiger partial charge in [-0.15, -0.1) is 0 Å². The van der Waals surface area contributed by atoms with Crippen LogP contribution in [0.3, 0.4) is 0 Å². The van der Waals surface area contributed by atoms with Gasteiger partial charge in [0.15, 0.2) is 0 Å². The van der Waals surface area contributed by atoms with Crippen molar-refractivity contribution in [2.24, 2.45) is 5.41 Å². The van der Waals surface area contributed by atoms with E-state index in [2.05, 4.69) is 38.9 Å². The number of fused-ring (bicyclic) bond motifs is 1. The van der Waals surface area contributed by atoms with Crippen molar-refractivity contribution in [1.29, 1.82) is 0 Å². The second-order valence-corrected chi connectivity index (χ2v) is 6.87. The van der Waals surface area contributed by atoms with E-state index in [4.69, 9.17) is 4.98 Å². The lowest BCUT2D eigenvalue weighted by Crippen LogP contribution is -2.38. The average molecular weight is 322 g/mol. The van der Waals surface area contributed by atoms with Gasteiger partial charge in [-0.25, -0.2) is 9.97 Å². The zero-order valence-corrected chi connectivity index (χ0v) is 14.2. The number of nitrogens with one attached hydrogen (secondary N) is 1. The fourth-order valence-electron chi connectivity index (χ4n) is 3.26. The van der Waals surface area contributed by atoms with E-state index in [9.17, 15) is 0 Å². The molecule has 0 spiro atoms. The van der Waals surface area contributed by atoms with E-state index in [0.29, 0.717) is 11.1 Å². The first kappa shape index (κ1) is 15.1. The molecule has 1 N–H and O–H groups in total. The first-order valence-corrected chi connectivity index (χ1v) is 8.56. The molecule has 0 unspecified atom stereocenters. The van der Waals surface area contributed by atoms with E-state index in [1.165, 1.54) is 19.3 Å². The normalized spacial score (nSPS) is 17.3. The quantitative estimate of drug-likeness (QED) is 0.800. The highest BCUT2D eigenvalue weighted by Gasteiger charge is 2.29. The summed E-state index contributed by atoms with van der Waals surface area (Å²) in [4.78, 5) is 16.0. The summed E-state index contributed by atoms with van der Waals surface area (Å²) in [6.07, 6.45) is 7.26. The van der Waals surface area contributed by atoms with Gasteiger partial charge in [-0.3, -0.25) is 10.1 Å². The van der Waals surface area contributed by atoms with Crippen LogP contribution in [-0.4, -0.2) is 38.2 Å². The number of hydrogen-bond donors (Lipinski definition) is 1. The Bertz CT molecular complexity index is 833. The number of piperidine rings is 1. The van der Waals surface area contributed by atoms with E-state index >= 15 is 0 Å². The van der Waals surface area contributed by atoms with Crippen molar-refractivity contribution >= 4 is 17.0 Å². The minimum Gasteiger partial charge on any atom is -0.355 e.